The number of hydrogen-bond acceptors (Lipinski definition) is 5. The first-order valence-corrected chi connectivity index (χ1v) is 6.62. The van der Waals surface area contributed by atoms with Gasteiger partial charge in [-0.1, -0.05) is 0 Å². The predicted octanol–water partition coefficient (Wildman–Crippen LogP) is 1.55. The highest BCUT2D eigenvalue weighted by molar-refractivity contribution is 5.33. The van der Waals surface area contributed by atoms with E-state index in [2.05, 4.69) is 30.0 Å². The summed E-state index contributed by atoms with van der Waals surface area (Å²) in [5.41, 5.74) is 3.18. The van der Waals surface area contributed by atoms with Crippen LogP contribution in [0.3, 0.4) is 0 Å². The van der Waals surface area contributed by atoms with Crippen molar-refractivity contribution in [1.29, 1.82) is 0 Å². The summed E-state index contributed by atoms with van der Waals surface area (Å²) >= 11 is 0. The van der Waals surface area contributed by atoms with Gasteiger partial charge in [0.2, 0.25) is 5.95 Å². The second kappa shape index (κ2) is 4.60. The molecule has 0 atom stereocenters. The van der Waals surface area contributed by atoms with Crippen LogP contribution in [0, 0.1) is 20.8 Å². The van der Waals surface area contributed by atoms with Gasteiger partial charge in [0.15, 0.2) is 5.82 Å². The van der Waals surface area contributed by atoms with Gasteiger partial charge in [-0.2, -0.15) is 0 Å². The summed E-state index contributed by atoms with van der Waals surface area (Å²) in [5.74, 6) is 2.72. The standard InChI is InChI=1S/C13H18N6/c1-8-9(2)15-13(16-10(8)3)14-7-12-18-17-11-5-4-6-19(11)12/h4-7H2,1-3H3,(H,14,15,16). The Morgan fingerprint density at radius 3 is 2.58 bits per heavy atom. The van der Waals surface area contributed by atoms with Crippen LogP contribution >= 0.6 is 0 Å². The minimum atomic E-state index is 0.620. The van der Waals surface area contributed by atoms with E-state index in [1.807, 2.05) is 20.8 Å². The molecule has 0 amide bonds. The smallest absolute Gasteiger partial charge is 0.223 e. The summed E-state index contributed by atoms with van der Waals surface area (Å²) < 4.78 is 2.18. The van der Waals surface area contributed by atoms with E-state index in [1.54, 1.807) is 0 Å². The normalized spacial score (nSPS) is 13.6. The van der Waals surface area contributed by atoms with Gasteiger partial charge in [0, 0.05) is 24.4 Å². The van der Waals surface area contributed by atoms with Crippen molar-refractivity contribution in [3.05, 3.63) is 28.6 Å². The predicted molar refractivity (Wildman–Crippen MR) is 71.9 cm³/mol. The minimum absolute atomic E-state index is 0.620. The Bertz CT molecular complexity index is 593. The molecule has 1 aliphatic rings. The first-order chi connectivity index (χ1) is 9.15. The second-order valence-corrected chi connectivity index (χ2v) is 4.98. The largest absolute Gasteiger partial charge is 0.347 e. The lowest BCUT2D eigenvalue weighted by Gasteiger charge is -2.09. The van der Waals surface area contributed by atoms with Gasteiger partial charge in [-0.25, -0.2) is 9.97 Å². The zero-order valence-electron chi connectivity index (χ0n) is 11.6. The highest BCUT2D eigenvalue weighted by Crippen LogP contribution is 2.15. The number of aryl methyl sites for hydroxylation is 3. The topological polar surface area (TPSA) is 68.5 Å². The monoisotopic (exact) mass is 258 g/mol. The molecular weight excluding hydrogens is 240 g/mol. The molecule has 0 saturated carbocycles. The van der Waals surface area contributed by atoms with Crippen LogP contribution in [0.15, 0.2) is 0 Å². The highest BCUT2D eigenvalue weighted by atomic mass is 15.3. The molecule has 3 rings (SSSR count). The van der Waals surface area contributed by atoms with Crippen molar-refractivity contribution in [3.8, 4) is 0 Å². The Kier molecular flexibility index (Phi) is 2.93. The summed E-state index contributed by atoms with van der Waals surface area (Å²) in [6.45, 7) is 7.69. The molecule has 6 nitrogen and oxygen atoms in total. The van der Waals surface area contributed by atoms with Gasteiger partial charge < -0.3 is 9.88 Å². The maximum atomic E-state index is 4.45. The Morgan fingerprint density at radius 1 is 1.11 bits per heavy atom. The van der Waals surface area contributed by atoms with E-state index in [1.165, 1.54) is 0 Å². The van der Waals surface area contributed by atoms with E-state index >= 15 is 0 Å². The zero-order chi connectivity index (χ0) is 13.4. The summed E-state index contributed by atoms with van der Waals surface area (Å²) in [4.78, 5) is 8.89. The number of aromatic nitrogens is 5. The van der Waals surface area contributed by atoms with Gasteiger partial charge in [0.05, 0.1) is 6.54 Å². The second-order valence-electron chi connectivity index (χ2n) is 4.98. The molecule has 0 saturated heterocycles. The summed E-state index contributed by atoms with van der Waals surface area (Å²) in [7, 11) is 0. The molecule has 0 aromatic carbocycles. The van der Waals surface area contributed by atoms with Crippen molar-refractivity contribution >= 4 is 5.95 Å². The molecule has 6 heteroatoms. The molecular formula is C13H18N6. The summed E-state index contributed by atoms with van der Waals surface area (Å²) in [6, 6.07) is 0. The zero-order valence-corrected chi connectivity index (χ0v) is 11.6. The average Bonchev–Trinajstić information content (AvgIpc) is 2.96. The Labute approximate surface area is 112 Å². The van der Waals surface area contributed by atoms with Crippen molar-refractivity contribution in [2.24, 2.45) is 0 Å². The van der Waals surface area contributed by atoms with Crippen molar-refractivity contribution in [1.82, 2.24) is 24.7 Å². The lowest BCUT2D eigenvalue weighted by atomic mass is 10.2. The third-order valence-corrected chi connectivity index (χ3v) is 3.72. The van der Waals surface area contributed by atoms with Gasteiger partial charge in [0.1, 0.15) is 5.82 Å². The molecule has 1 aliphatic heterocycles. The maximum absolute atomic E-state index is 4.45. The van der Waals surface area contributed by atoms with E-state index in [4.69, 9.17) is 0 Å². The van der Waals surface area contributed by atoms with Gasteiger partial charge in [-0.15, -0.1) is 10.2 Å². The van der Waals surface area contributed by atoms with Crippen molar-refractivity contribution in [2.75, 3.05) is 5.32 Å². The molecule has 0 fully saturated rings. The fourth-order valence-corrected chi connectivity index (χ4v) is 2.35. The summed E-state index contributed by atoms with van der Waals surface area (Å²) in [6.07, 6.45) is 2.20. The van der Waals surface area contributed by atoms with Crippen LogP contribution in [-0.4, -0.2) is 24.7 Å². The van der Waals surface area contributed by atoms with Crippen LogP contribution in [0.4, 0.5) is 5.95 Å². The van der Waals surface area contributed by atoms with Crippen LogP contribution in [0.2, 0.25) is 0 Å². The number of hydrogen-bond donors (Lipinski definition) is 1. The van der Waals surface area contributed by atoms with E-state index in [-0.39, 0.29) is 0 Å². The van der Waals surface area contributed by atoms with Crippen LogP contribution in [0.1, 0.15) is 35.0 Å². The van der Waals surface area contributed by atoms with Gasteiger partial charge in [-0.3, -0.25) is 0 Å². The first kappa shape index (κ1) is 12.1. The number of rotatable bonds is 3. The van der Waals surface area contributed by atoms with Gasteiger partial charge in [0.25, 0.3) is 0 Å². The van der Waals surface area contributed by atoms with Crippen LogP contribution in [-0.2, 0) is 19.5 Å². The SMILES string of the molecule is Cc1nc(NCc2nnc3n2CCC3)nc(C)c1C. The molecule has 19 heavy (non-hydrogen) atoms. The van der Waals surface area contributed by atoms with Gasteiger partial charge in [-0.05, 0) is 32.8 Å². The Morgan fingerprint density at radius 2 is 1.84 bits per heavy atom. The quantitative estimate of drug-likeness (QED) is 0.904. The number of nitrogens with zero attached hydrogens (tertiary/aromatic N) is 5. The molecule has 0 bridgehead atoms. The molecule has 0 spiro atoms. The summed E-state index contributed by atoms with van der Waals surface area (Å²) in [5, 5.41) is 11.6. The highest BCUT2D eigenvalue weighted by Gasteiger charge is 2.17. The van der Waals surface area contributed by atoms with E-state index in [0.29, 0.717) is 12.5 Å². The van der Waals surface area contributed by atoms with Crippen LogP contribution < -0.4 is 5.32 Å². The van der Waals surface area contributed by atoms with Crippen LogP contribution in [0.5, 0.6) is 0 Å². The molecule has 2 aromatic heterocycles. The lowest BCUT2D eigenvalue weighted by Crippen LogP contribution is -2.11. The molecule has 0 aliphatic carbocycles. The number of nitrogens with one attached hydrogen (secondary N) is 1. The third kappa shape index (κ3) is 2.18. The van der Waals surface area contributed by atoms with E-state index in [9.17, 15) is 0 Å². The molecule has 2 aromatic rings. The molecule has 1 N–H and O–H groups in total. The first-order valence-electron chi connectivity index (χ1n) is 6.62. The van der Waals surface area contributed by atoms with Crippen molar-refractivity contribution < 1.29 is 0 Å². The van der Waals surface area contributed by atoms with Crippen LogP contribution in [0.25, 0.3) is 0 Å². The average molecular weight is 258 g/mol. The fraction of sp³-hybridized carbons (Fsp3) is 0.538. The van der Waals surface area contributed by atoms with Gasteiger partial charge >= 0.3 is 0 Å². The van der Waals surface area contributed by atoms with Crippen molar-refractivity contribution in [2.45, 2.75) is 46.7 Å². The van der Waals surface area contributed by atoms with E-state index in [0.717, 1.165) is 48.0 Å². The Balaban J connectivity index is 1.76. The van der Waals surface area contributed by atoms with E-state index < -0.39 is 0 Å². The maximum Gasteiger partial charge on any atom is 0.223 e. The number of anilines is 1. The minimum Gasteiger partial charge on any atom is -0.347 e. The third-order valence-electron chi connectivity index (χ3n) is 3.72. The number of fused-ring (bicyclic) bond motifs is 1. The fourth-order valence-electron chi connectivity index (χ4n) is 2.35. The Hall–Kier alpha value is -1.98. The molecule has 0 unspecified atom stereocenters. The molecule has 100 valence electrons. The van der Waals surface area contributed by atoms with Crippen molar-refractivity contribution in [3.63, 3.8) is 0 Å². The molecule has 3 heterocycles. The molecule has 0 radical (unpaired) electrons. The lowest BCUT2D eigenvalue weighted by molar-refractivity contribution is 0.694.